The van der Waals surface area contributed by atoms with Crippen molar-refractivity contribution in [1.82, 2.24) is 20.5 Å². The first-order valence-corrected chi connectivity index (χ1v) is 14.9. The fraction of sp³-hybridized carbons (Fsp3) is 0.538. The molecule has 1 aromatic heterocycles. The van der Waals surface area contributed by atoms with Crippen molar-refractivity contribution < 1.29 is 42.8 Å². The normalized spacial score (nSPS) is 25.1. The number of ether oxygens (including phenoxy) is 1. The number of aromatic amines is 1. The summed E-state index contributed by atoms with van der Waals surface area (Å²) in [4.78, 5) is 75.5. The fourth-order valence-corrected chi connectivity index (χ4v) is 6.65. The van der Waals surface area contributed by atoms with Gasteiger partial charge in [-0.3, -0.25) is 23.7 Å². The molecule has 216 valence electrons. The van der Waals surface area contributed by atoms with Crippen molar-refractivity contribution in [1.29, 1.82) is 0 Å². The molecule has 13 nitrogen and oxygen atoms in total. The van der Waals surface area contributed by atoms with Gasteiger partial charge in [-0.15, -0.1) is 0 Å². The number of hydrogen-bond donors (Lipinski definition) is 5. The standard InChI is InChI=1S/C26H33N4O9P/c1-38-22-7-3-6-18-17(22)11-20(28-18)26(34)30-12-15-4-2-5-16(15)23(30)25(33)29-19(10-14-8-9-27-24(14)32)21(31)13-39-40(35,36)37/h3,6-7,11,14-16,19,23,28H,2,4-5,8-10,12-13H2,1H3,(H,27,32)(H,29,33)(H2,35,36,37)/t14-,15-,16-,19-,23-/m0/s1. The lowest BCUT2D eigenvalue weighted by Gasteiger charge is -2.29. The van der Waals surface area contributed by atoms with Crippen LogP contribution in [0.1, 0.15) is 42.6 Å². The van der Waals surface area contributed by atoms with E-state index in [9.17, 15) is 23.7 Å². The van der Waals surface area contributed by atoms with Gasteiger partial charge in [0.25, 0.3) is 5.91 Å². The second kappa shape index (κ2) is 11.3. The number of phosphoric acid groups is 1. The first-order chi connectivity index (χ1) is 19.1. The number of Topliss-reactive ketones (excluding diaryl/α,β-unsaturated/α-hetero) is 1. The number of rotatable bonds is 10. The first kappa shape index (κ1) is 28.3. The lowest BCUT2D eigenvalue weighted by Crippen LogP contribution is -2.53. The van der Waals surface area contributed by atoms with E-state index in [0.29, 0.717) is 36.5 Å². The van der Waals surface area contributed by atoms with Gasteiger partial charge >= 0.3 is 7.82 Å². The van der Waals surface area contributed by atoms with Crippen molar-refractivity contribution >= 4 is 42.2 Å². The summed E-state index contributed by atoms with van der Waals surface area (Å²) in [6, 6.07) is 5.06. The number of likely N-dealkylation sites (tertiary alicyclic amines) is 1. The smallest absolute Gasteiger partial charge is 0.470 e. The van der Waals surface area contributed by atoms with E-state index in [1.807, 2.05) is 6.07 Å². The SMILES string of the molecule is COc1cccc2[nH]c(C(=O)N3C[C@@H]4CCC[C@@H]4[C@H]3C(=O)N[C@@H](C[C@@H]3CCNC3=O)C(=O)COP(=O)(O)O)cc12. The van der Waals surface area contributed by atoms with Crippen LogP contribution in [0.15, 0.2) is 24.3 Å². The minimum Gasteiger partial charge on any atom is -0.496 e. The summed E-state index contributed by atoms with van der Waals surface area (Å²) in [5.74, 6) is -1.82. The van der Waals surface area contributed by atoms with Crippen molar-refractivity contribution in [2.45, 2.75) is 44.2 Å². The molecule has 2 aromatic rings. The number of carbonyl (C=O) groups excluding carboxylic acids is 4. The predicted octanol–water partition coefficient (Wildman–Crippen LogP) is 1.11. The minimum atomic E-state index is -4.93. The van der Waals surface area contributed by atoms with Crippen LogP contribution in [0, 0.1) is 17.8 Å². The number of nitrogens with zero attached hydrogens (tertiary/aromatic N) is 1. The molecule has 1 saturated carbocycles. The van der Waals surface area contributed by atoms with E-state index in [1.54, 1.807) is 25.3 Å². The molecule has 1 aromatic carbocycles. The fourth-order valence-electron chi connectivity index (χ4n) is 6.36. The number of fused-ring (bicyclic) bond motifs is 2. The maximum Gasteiger partial charge on any atom is 0.470 e. The second-order valence-corrected chi connectivity index (χ2v) is 11.9. The number of carbonyl (C=O) groups is 4. The van der Waals surface area contributed by atoms with Gasteiger partial charge < -0.3 is 35.0 Å². The molecule has 40 heavy (non-hydrogen) atoms. The molecule has 2 saturated heterocycles. The highest BCUT2D eigenvalue weighted by molar-refractivity contribution is 7.46. The summed E-state index contributed by atoms with van der Waals surface area (Å²) >= 11 is 0. The monoisotopic (exact) mass is 576 g/mol. The molecule has 0 radical (unpaired) electrons. The number of ketones is 1. The van der Waals surface area contributed by atoms with Crippen molar-refractivity contribution in [3.63, 3.8) is 0 Å². The Balaban J connectivity index is 1.39. The number of benzene rings is 1. The zero-order chi connectivity index (χ0) is 28.6. The van der Waals surface area contributed by atoms with Crippen LogP contribution >= 0.6 is 7.82 Å². The van der Waals surface area contributed by atoms with Crippen LogP contribution in [-0.2, 0) is 23.5 Å². The Morgan fingerprint density at radius 2 is 2.02 bits per heavy atom. The van der Waals surface area contributed by atoms with Gasteiger partial charge in [-0.1, -0.05) is 12.5 Å². The number of nitrogens with one attached hydrogen (secondary N) is 3. The molecule has 1 aliphatic carbocycles. The number of phosphoric ester groups is 1. The van der Waals surface area contributed by atoms with E-state index in [-0.39, 0.29) is 30.1 Å². The van der Waals surface area contributed by atoms with Crippen LogP contribution in [0.4, 0.5) is 0 Å². The Morgan fingerprint density at radius 1 is 1.23 bits per heavy atom. The quantitative estimate of drug-likeness (QED) is 0.258. The van der Waals surface area contributed by atoms with Crippen LogP contribution in [0.2, 0.25) is 0 Å². The highest BCUT2D eigenvalue weighted by Crippen LogP contribution is 2.43. The van der Waals surface area contributed by atoms with Gasteiger partial charge in [0.1, 0.15) is 24.1 Å². The predicted molar refractivity (Wildman–Crippen MR) is 141 cm³/mol. The second-order valence-electron chi connectivity index (χ2n) is 10.7. The van der Waals surface area contributed by atoms with Gasteiger partial charge in [0.2, 0.25) is 11.8 Å². The molecule has 5 N–H and O–H groups in total. The number of methoxy groups -OCH3 is 1. The van der Waals surface area contributed by atoms with E-state index in [2.05, 4.69) is 20.1 Å². The zero-order valence-electron chi connectivity index (χ0n) is 22.0. The van der Waals surface area contributed by atoms with E-state index < -0.39 is 44.1 Å². The molecule has 5 rings (SSSR count). The van der Waals surface area contributed by atoms with Crippen molar-refractivity contribution in [3.05, 3.63) is 30.0 Å². The maximum atomic E-state index is 13.8. The van der Waals surface area contributed by atoms with Crippen molar-refractivity contribution in [2.24, 2.45) is 17.8 Å². The summed E-state index contributed by atoms with van der Waals surface area (Å²) in [5.41, 5.74) is 1.02. The van der Waals surface area contributed by atoms with Crippen LogP contribution in [0.5, 0.6) is 5.75 Å². The number of hydrogen-bond acceptors (Lipinski definition) is 7. The summed E-state index contributed by atoms with van der Waals surface area (Å²) in [6.45, 7) is -0.111. The summed E-state index contributed by atoms with van der Waals surface area (Å²) in [7, 11) is -3.39. The summed E-state index contributed by atoms with van der Waals surface area (Å²) in [6.07, 6.45) is 2.96. The Kier molecular flexibility index (Phi) is 8.01. The van der Waals surface area contributed by atoms with Crippen molar-refractivity contribution in [3.8, 4) is 5.75 Å². The highest BCUT2D eigenvalue weighted by Gasteiger charge is 2.50. The Hall–Kier alpha value is -3.25. The Labute approximate surface area is 230 Å². The number of H-pyrrole nitrogens is 1. The molecule has 3 heterocycles. The summed E-state index contributed by atoms with van der Waals surface area (Å²) < 4.78 is 21.0. The average Bonchev–Trinajstić information content (AvgIpc) is 3.69. The largest absolute Gasteiger partial charge is 0.496 e. The number of amides is 3. The van der Waals surface area contributed by atoms with Gasteiger partial charge in [0.15, 0.2) is 5.78 Å². The third-order valence-electron chi connectivity index (χ3n) is 8.26. The summed E-state index contributed by atoms with van der Waals surface area (Å²) in [5, 5.41) is 6.13. The van der Waals surface area contributed by atoms with Gasteiger partial charge in [-0.05, 0) is 55.7 Å². The minimum absolute atomic E-state index is 0.0441. The molecule has 0 spiro atoms. The molecule has 3 fully saturated rings. The van der Waals surface area contributed by atoms with E-state index in [0.717, 1.165) is 24.6 Å². The van der Waals surface area contributed by atoms with Gasteiger partial charge in [0, 0.05) is 29.9 Å². The molecule has 3 amide bonds. The van der Waals surface area contributed by atoms with Crippen LogP contribution in [-0.4, -0.2) is 82.1 Å². The Bertz CT molecular complexity index is 1370. The van der Waals surface area contributed by atoms with Crippen LogP contribution in [0.25, 0.3) is 10.9 Å². The first-order valence-electron chi connectivity index (χ1n) is 13.3. The molecular formula is C26H33N4O9P. The third kappa shape index (κ3) is 5.78. The van der Waals surface area contributed by atoms with Crippen LogP contribution in [0.3, 0.4) is 0 Å². The zero-order valence-corrected chi connectivity index (χ0v) is 22.9. The molecule has 14 heteroatoms. The highest BCUT2D eigenvalue weighted by atomic mass is 31.2. The van der Waals surface area contributed by atoms with E-state index in [4.69, 9.17) is 14.5 Å². The van der Waals surface area contributed by atoms with E-state index >= 15 is 0 Å². The molecule has 3 aliphatic rings. The molecule has 0 bridgehead atoms. The molecular weight excluding hydrogens is 543 g/mol. The molecule has 0 unspecified atom stereocenters. The van der Waals surface area contributed by atoms with E-state index in [1.165, 1.54) is 4.90 Å². The van der Waals surface area contributed by atoms with Gasteiger partial charge in [-0.25, -0.2) is 4.57 Å². The lowest BCUT2D eigenvalue weighted by molar-refractivity contribution is -0.133. The third-order valence-corrected chi connectivity index (χ3v) is 8.72. The maximum absolute atomic E-state index is 13.8. The lowest BCUT2D eigenvalue weighted by atomic mass is 9.92. The molecule has 5 atom stereocenters. The topological polar surface area (TPSA) is 187 Å². The van der Waals surface area contributed by atoms with Crippen LogP contribution < -0.4 is 15.4 Å². The molecule has 2 aliphatic heterocycles. The van der Waals surface area contributed by atoms with Gasteiger partial charge in [-0.2, -0.15) is 0 Å². The average molecular weight is 577 g/mol. The van der Waals surface area contributed by atoms with Crippen molar-refractivity contribution in [2.75, 3.05) is 26.8 Å². The Morgan fingerprint density at radius 3 is 2.73 bits per heavy atom. The van der Waals surface area contributed by atoms with Gasteiger partial charge in [0.05, 0.1) is 13.2 Å². The number of aromatic nitrogens is 1.